The summed E-state index contributed by atoms with van der Waals surface area (Å²) in [7, 11) is 2.34. The number of fused-ring (bicyclic) bond motifs is 4. The molecule has 3 saturated carbocycles. The number of likely N-dealkylation sites (tertiary alicyclic amines) is 1. The molecule has 0 bridgehead atoms. The Labute approximate surface area is 206 Å². The van der Waals surface area contributed by atoms with Crippen molar-refractivity contribution in [2.45, 2.75) is 104 Å². The minimum Gasteiger partial charge on any atom is -0.459 e. The molecule has 0 aromatic rings. The molecule has 2 unspecified atom stereocenters. The van der Waals surface area contributed by atoms with E-state index in [2.05, 4.69) is 31.9 Å². The molecule has 1 heterocycles. The van der Waals surface area contributed by atoms with Gasteiger partial charge in [-0.25, -0.2) is 4.79 Å². The van der Waals surface area contributed by atoms with E-state index in [0.29, 0.717) is 5.41 Å². The van der Waals surface area contributed by atoms with Crippen molar-refractivity contribution in [2.24, 2.45) is 40.4 Å². The molecule has 9 atom stereocenters. The Kier molecular flexibility index (Phi) is 6.18. The van der Waals surface area contributed by atoms with Crippen LogP contribution in [0.5, 0.6) is 0 Å². The van der Waals surface area contributed by atoms with Crippen LogP contribution in [0.1, 0.15) is 86.0 Å². The van der Waals surface area contributed by atoms with Gasteiger partial charge in [-0.15, -0.1) is 0 Å². The molecule has 1 saturated heterocycles. The van der Waals surface area contributed by atoms with E-state index >= 15 is 0 Å². The third-order valence-electron chi connectivity index (χ3n) is 11.1. The van der Waals surface area contributed by atoms with Gasteiger partial charge in [0.2, 0.25) is 6.10 Å². The first-order chi connectivity index (χ1) is 16.1. The predicted molar refractivity (Wildman–Crippen MR) is 132 cm³/mol. The molecule has 1 aliphatic heterocycles. The Morgan fingerprint density at radius 1 is 1.09 bits per heavy atom. The molecule has 0 amide bonds. The van der Waals surface area contributed by atoms with Crippen LogP contribution >= 0.6 is 0 Å². The number of carbonyl (C=O) groups is 2. The molecule has 4 aliphatic carbocycles. The number of nitrogens with zero attached hydrogens (tertiary/aromatic N) is 1. The summed E-state index contributed by atoms with van der Waals surface area (Å²) in [6.07, 6.45) is 11.3. The van der Waals surface area contributed by atoms with E-state index < -0.39 is 12.1 Å². The van der Waals surface area contributed by atoms with Crippen LogP contribution in [-0.2, 0) is 19.1 Å². The molecule has 0 aromatic heterocycles. The van der Waals surface area contributed by atoms with Crippen LogP contribution in [0.3, 0.4) is 0 Å². The van der Waals surface area contributed by atoms with E-state index in [-0.39, 0.29) is 23.4 Å². The van der Waals surface area contributed by atoms with Crippen LogP contribution in [-0.4, -0.2) is 48.7 Å². The number of hydrogen-bond acceptors (Lipinski definition) is 5. The highest BCUT2D eigenvalue weighted by molar-refractivity contribution is 5.79. The number of hydrogen-bond donors (Lipinski definition) is 0. The van der Waals surface area contributed by atoms with Gasteiger partial charge >= 0.3 is 11.9 Å². The highest BCUT2D eigenvalue weighted by Crippen LogP contribution is 2.68. The van der Waals surface area contributed by atoms with Gasteiger partial charge in [-0.1, -0.05) is 32.4 Å². The molecule has 5 rings (SSSR count). The second kappa shape index (κ2) is 8.64. The second-order valence-electron chi connectivity index (χ2n) is 12.9. The minimum absolute atomic E-state index is 0.0953. The lowest BCUT2D eigenvalue weighted by Gasteiger charge is -2.58. The van der Waals surface area contributed by atoms with Gasteiger partial charge in [0.25, 0.3) is 0 Å². The second-order valence-corrected chi connectivity index (χ2v) is 12.9. The zero-order chi connectivity index (χ0) is 24.4. The normalized spacial score (nSPS) is 44.4. The molecular weight excluding hydrogens is 426 g/mol. The summed E-state index contributed by atoms with van der Waals surface area (Å²) in [4.78, 5) is 26.9. The molecule has 190 valence electrons. The fourth-order valence-corrected chi connectivity index (χ4v) is 9.40. The van der Waals surface area contributed by atoms with Crippen molar-refractivity contribution in [2.75, 3.05) is 13.6 Å². The first kappa shape index (κ1) is 24.3. The zero-order valence-corrected chi connectivity index (χ0v) is 22.1. The summed E-state index contributed by atoms with van der Waals surface area (Å²) in [5.41, 5.74) is 2.33. The first-order valence-electron chi connectivity index (χ1n) is 13.8. The van der Waals surface area contributed by atoms with E-state index in [4.69, 9.17) is 9.47 Å². The third kappa shape index (κ3) is 3.67. The predicted octanol–water partition coefficient (Wildman–Crippen LogP) is 5.38. The van der Waals surface area contributed by atoms with Crippen LogP contribution < -0.4 is 0 Å². The maximum absolute atomic E-state index is 12.8. The molecule has 5 aliphatic rings. The maximum atomic E-state index is 12.8. The van der Waals surface area contributed by atoms with E-state index in [0.717, 1.165) is 49.0 Å². The minimum atomic E-state index is -0.813. The molecule has 0 N–H and O–H groups in total. The Morgan fingerprint density at radius 2 is 1.82 bits per heavy atom. The van der Waals surface area contributed by atoms with Crippen molar-refractivity contribution < 1.29 is 19.1 Å². The highest BCUT2D eigenvalue weighted by atomic mass is 16.6. The molecule has 5 nitrogen and oxygen atoms in total. The van der Waals surface area contributed by atoms with Crippen LogP contribution in [0.4, 0.5) is 0 Å². The number of rotatable bonds is 4. The molecule has 1 spiro atoms. The average molecular weight is 472 g/mol. The largest absolute Gasteiger partial charge is 0.459 e. The van der Waals surface area contributed by atoms with E-state index in [1.165, 1.54) is 51.1 Å². The molecule has 5 heteroatoms. The number of allylic oxidation sites excluding steroid dienone is 1. The van der Waals surface area contributed by atoms with Crippen molar-refractivity contribution in [3.63, 3.8) is 0 Å². The third-order valence-corrected chi connectivity index (χ3v) is 11.1. The topological polar surface area (TPSA) is 55.8 Å². The van der Waals surface area contributed by atoms with Crippen molar-refractivity contribution >= 4 is 11.9 Å². The van der Waals surface area contributed by atoms with Crippen molar-refractivity contribution in [3.05, 3.63) is 11.6 Å². The van der Waals surface area contributed by atoms with Gasteiger partial charge in [-0.3, -0.25) is 4.79 Å². The Balaban J connectivity index is 1.30. The van der Waals surface area contributed by atoms with Gasteiger partial charge in [0.15, 0.2) is 0 Å². The van der Waals surface area contributed by atoms with Gasteiger partial charge in [-0.2, -0.15) is 0 Å². The Bertz CT molecular complexity index is 866. The van der Waals surface area contributed by atoms with Crippen molar-refractivity contribution in [3.8, 4) is 0 Å². The van der Waals surface area contributed by atoms with Gasteiger partial charge in [0.05, 0.1) is 0 Å². The summed E-state index contributed by atoms with van der Waals surface area (Å²) in [5, 5.41) is 0. The lowest BCUT2D eigenvalue weighted by Crippen LogP contribution is -2.52. The van der Waals surface area contributed by atoms with Crippen LogP contribution in [0, 0.1) is 40.4 Å². The van der Waals surface area contributed by atoms with Crippen molar-refractivity contribution in [1.29, 1.82) is 0 Å². The van der Waals surface area contributed by atoms with Crippen LogP contribution in [0.2, 0.25) is 0 Å². The molecular formula is C29H45NO4. The number of esters is 2. The summed E-state index contributed by atoms with van der Waals surface area (Å²) in [6, 6.07) is 0.735. The lowest BCUT2D eigenvalue weighted by atomic mass is 9.47. The Morgan fingerprint density at radius 3 is 2.53 bits per heavy atom. The number of ether oxygens (including phenoxy) is 2. The smallest absolute Gasteiger partial charge is 0.348 e. The molecule has 0 radical (unpaired) electrons. The average Bonchev–Trinajstić information content (AvgIpc) is 3.25. The standard InChI is InChI=1S/C29H45NO4/c1-17(2)26(33-19(4)31)27(32)34-21-11-13-28(5)20(15-21)7-8-22-24(28)12-14-29-16-30(6)18(3)23(29)9-10-25(22)29/h7,17-18,21-26H,8-16H2,1-6H3/t18-,21-,22+,23+,24-,25?,26?,28-,29-/m0/s1. The summed E-state index contributed by atoms with van der Waals surface area (Å²) in [5.74, 6) is 2.45. The molecule has 0 aromatic carbocycles. The van der Waals surface area contributed by atoms with Crippen LogP contribution in [0.15, 0.2) is 11.6 Å². The fourth-order valence-electron chi connectivity index (χ4n) is 9.40. The summed E-state index contributed by atoms with van der Waals surface area (Å²) >= 11 is 0. The first-order valence-corrected chi connectivity index (χ1v) is 13.8. The quantitative estimate of drug-likeness (QED) is 0.407. The monoisotopic (exact) mass is 471 g/mol. The SMILES string of the molecule is CC(=O)OC(C(=O)O[C@H]1CC[C@@]2(C)C(=CC[C@H]3C4CC[C@@H]5[C@H](C)N(C)C[C@]45CC[C@@H]32)C1)C(C)C. The van der Waals surface area contributed by atoms with Gasteiger partial charge in [0.1, 0.15) is 6.10 Å². The van der Waals surface area contributed by atoms with E-state index in [9.17, 15) is 9.59 Å². The zero-order valence-electron chi connectivity index (χ0n) is 22.1. The van der Waals surface area contributed by atoms with Gasteiger partial charge in [0, 0.05) is 31.8 Å². The maximum Gasteiger partial charge on any atom is 0.348 e. The fraction of sp³-hybridized carbons (Fsp3) is 0.862. The van der Waals surface area contributed by atoms with Gasteiger partial charge < -0.3 is 14.4 Å². The van der Waals surface area contributed by atoms with E-state index in [1.807, 2.05) is 13.8 Å². The highest BCUT2D eigenvalue weighted by Gasteiger charge is 2.64. The molecule has 4 fully saturated rings. The van der Waals surface area contributed by atoms with Crippen LogP contribution in [0.25, 0.3) is 0 Å². The van der Waals surface area contributed by atoms with Gasteiger partial charge in [-0.05, 0) is 93.4 Å². The number of carbonyl (C=O) groups excluding carboxylic acids is 2. The van der Waals surface area contributed by atoms with E-state index in [1.54, 1.807) is 0 Å². The molecule has 34 heavy (non-hydrogen) atoms. The Hall–Kier alpha value is -1.36. The van der Waals surface area contributed by atoms with Crippen molar-refractivity contribution in [1.82, 2.24) is 4.90 Å². The summed E-state index contributed by atoms with van der Waals surface area (Å²) < 4.78 is 11.2. The lowest BCUT2D eigenvalue weighted by molar-refractivity contribution is -0.175. The summed E-state index contributed by atoms with van der Waals surface area (Å²) in [6.45, 7) is 11.4.